The van der Waals surface area contributed by atoms with Crippen LogP contribution in [0.5, 0.6) is 0 Å². The van der Waals surface area contributed by atoms with Crippen LogP contribution < -0.4 is 5.32 Å². The summed E-state index contributed by atoms with van der Waals surface area (Å²) in [5.41, 5.74) is 1.15. The molecule has 0 saturated heterocycles. The molecule has 1 aromatic carbocycles. The van der Waals surface area contributed by atoms with Crippen molar-refractivity contribution >= 4 is 27.8 Å². The molecule has 0 aliphatic rings. The van der Waals surface area contributed by atoms with Crippen molar-refractivity contribution in [2.45, 2.75) is 18.9 Å². The van der Waals surface area contributed by atoms with Crippen LogP contribution in [0.15, 0.2) is 47.2 Å². The van der Waals surface area contributed by atoms with E-state index in [1.54, 1.807) is 24.4 Å². The van der Waals surface area contributed by atoms with Gasteiger partial charge in [0.1, 0.15) is 16.5 Å². The van der Waals surface area contributed by atoms with Crippen LogP contribution in [0.25, 0.3) is 0 Å². The molecule has 2 N–H and O–H groups in total. The van der Waals surface area contributed by atoms with Gasteiger partial charge in [-0.2, -0.15) is 0 Å². The van der Waals surface area contributed by atoms with Crippen LogP contribution in [0.1, 0.15) is 11.1 Å². The number of pyridine rings is 1. The smallest absolute Gasteiger partial charge is 0.326 e. The molecule has 2 aromatic rings. The van der Waals surface area contributed by atoms with Crippen LogP contribution in [0.2, 0.25) is 0 Å². The van der Waals surface area contributed by atoms with E-state index in [9.17, 15) is 19.1 Å². The summed E-state index contributed by atoms with van der Waals surface area (Å²) < 4.78 is 13.6. The van der Waals surface area contributed by atoms with Gasteiger partial charge in [-0.15, -0.1) is 0 Å². The van der Waals surface area contributed by atoms with E-state index in [1.165, 1.54) is 18.2 Å². The Morgan fingerprint density at radius 1 is 1.30 bits per heavy atom. The predicted molar refractivity (Wildman–Crippen MR) is 85.3 cm³/mol. The number of hydrogen-bond acceptors (Lipinski definition) is 3. The molecule has 0 radical (unpaired) electrons. The maximum absolute atomic E-state index is 13.1. The van der Waals surface area contributed by atoms with Crippen molar-refractivity contribution < 1.29 is 19.1 Å². The van der Waals surface area contributed by atoms with Crippen LogP contribution in [-0.4, -0.2) is 28.0 Å². The van der Waals surface area contributed by atoms with E-state index >= 15 is 0 Å². The number of aromatic nitrogens is 1. The Hall–Kier alpha value is -2.28. The highest BCUT2D eigenvalue weighted by Crippen LogP contribution is 2.15. The minimum absolute atomic E-state index is 0.0876. The van der Waals surface area contributed by atoms with Gasteiger partial charge in [0.05, 0.1) is 6.42 Å². The second-order valence-electron chi connectivity index (χ2n) is 4.92. The maximum Gasteiger partial charge on any atom is 0.326 e. The summed E-state index contributed by atoms with van der Waals surface area (Å²) in [6, 6.07) is 7.96. The molecular weight excluding hydrogens is 367 g/mol. The molecule has 7 heteroatoms. The van der Waals surface area contributed by atoms with Gasteiger partial charge in [-0.1, -0.05) is 18.2 Å². The third-order valence-electron chi connectivity index (χ3n) is 3.15. The average molecular weight is 381 g/mol. The molecule has 0 bridgehead atoms. The lowest BCUT2D eigenvalue weighted by Gasteiger charge is -2.15. The quantitative estimate of drug-likeness (QED) is 0.753. The summed E-state index contributed by atoms with van der Waals surface area (Å²) in [7, 11) is 0. The Morgan fingerprint density at radius 3 is 2.74 bits per heavy atom. The SMILES string of the molecule is O=C(Cc1cccc(F)c1)N[C@@H](Cc1cccnc1Br)C(=O)O. The van der Waals surface area contributed by atoms with E-state index in [0.717, 1.165) is 0 Å². The second-order valence-corrected chi connectivity index (χ2v) is 5.67. The molecule has 0 fully saturated rings. The molecule has 2 rings (SSSR count). The maximum atomic E-state index is 13.1. The van der Waals surface area contributed by atoms with Gasteiger partial charge in [0.15, 0.2) is 0 Å². The van der Waals surface area contributed by atoms with E-state index in [1.807, 2.05) is 0 Å². The molecule has 1 aromatic heterocycles. The summed E-state index contributed by atoms with van der Waals surface area (Å²) in [6.07, 6.45) is 1.58. The first-order valence-corrected chi connectivity index (χ1v) is 7.61. The molecule has 1 amide bonds. The van der Waals surface area contributed by atoms with Crippen molar-refractivity contribution in [3.05, 3.63) is 64.1 Å². The standard InChI is InChI=1S/C16H14BrFN2O3/c17-15-11(4-2-6-19-15)9-13(16(22)23)20-14(21)8-10-3-1-5-12(18)7-10/h1-7,13H,8-9H2,(H,20,21)(H,22,23)/t13-/m0/s1. The van der Waals surface area contributed by atoms with Crippen molar-refractivity contribution in [2.75, 3.05) is 0 Å². The Labute approximate surface area is 140 Å². The van der Waals surface area contributed by atoms with Gasteiger partial charge in [-0.25, -0.2) is 14.2 Å². The Bertz CT molecular complexity index is 724. The van der Waals surface area contributed by atoms with E-state index in [4.69, 9.17) is 0 Å². The fourth-order valence-electron chi connectivity index (χ4n) is 2.07. The fourth-order valence-corrected chi connectivity index (χ4v) is 2.48. The zero-order valence-electron chi connectivity index (χ0n) is 12.0. The van der Waals surface area contributed by atoms with Crippen LogP contribution in [-0.2, 0) is 22.4 Å². The average Bonchev–Trinajstić information content (AvgIpc) is 2.48. The summed E-state index contributed by atoms with van der Waals surface area (Å²) >= 11 is 3.24. The highest BCUT2D eigenvalue weighted by Gasteiger charge is 2.21. The van der Waals surface area contributed by atoms with Crippen LogP contribution in [0, 0.1) is 5.82 Å². The van der Waals surface area contributed by atoms with E-state index < -0.39 is 23.7 Å². The van der Waals surface area contributed by atoms with Gasteiger partial charge >= 0.3 is 5.97 Å². The number of hydrogen-bond donors (Lipinski definition) is 2. The van der Waals surface area contributed by atoms with Crippen molar-refractivity contribution in [3.63, 3.8) is 0 Å². The van der Waals surface area contributed by atoms with E-state index in [0.29, 0.717) is 15.7 Å². The normalized spacial score (nSPS) is 11.7. The Morgan fingerprint density at radius 2 is 2.09 bits per heavy atom. The molecule has 0 aliphatic carbocycles. The molecule has 23 heavy (non-hydrogen) atoms. The predicted octanol–water partition coefficient (Wildman–Crippen LogP) is 2.34. The Balaban J connectivity index is 2.03. The lowest BCUT2D eigenvalue weighted by Crippen LogP contribution is -2.43. The molecule has 0 unspecified atom stereocenters. The number of carboxylic acids is 1. The molecular formula is C16H14BrFN2O3. The third kappa shape index (κ3) is 5.14. The number of nitrogens with one attached hydrogen (secondary N) is 1. The first-order chi connectivity index (χ1) is 11.0. The highest BCUT2D eigenvalue weighted by atomic mass is 79.9. The molecule has 0 spiro atoms. The van der Waals surface area contributed by atoms with Crippen LogP contribution >= 0.6 is 15.9 Å². The number of carbonyl (C=O) groups is 2. The van der Waals surface area contributed by atoms with Crippen molar-refractivity contribution in [1.29, 1.82) is 0 Å². The van der Waals surface area contributed by atoms with Gasteiger partial charge in [0, 0.05) is 12.6 Å². The van der Waals surface area contributed by atoms with E-state index in [2.05, 4.69) is 26.2 Å². The van der Waals surface area contributed by atoms with Gasteiger partial charge in [-0.3, -0.25) is 4.79 Å². The number of carbonyl (C=O) groups excluding carboxylic acids is 1. The van der Waals surface area contributed by atoms with Gasteiger partial charge in [0.2, 0.25) is 5.91 Å². The summed E-state index contributed by atoms with van der Waals surface area (Å²) in [6.45, 7) is 0. The fraction of sp³-hybridized carbons (Fsp3) is 0.188. The first kappa shape index (κ1) is 17.1. The minimum Gasteiger partial charge on any atom is -0.480 e. The van der Waals surface area contributed by atoms with Crippen molar-refractivity contribution in [3.8, 4) is 0 Å². The number of amides is 1. The number of rotatable bonds is 6. The summed E-state index contributed by atoms with van der Waals surface area (Å²) in [4.78, 5) is 27.4. The summed E-state index contributed by atoms with van der Waals surface area (Å²) in [5, 5.41) is 11.7. The molecule has 1 heterocycles. The minimum atomic E-state index is -1.15. The zero-order chi connectivity index (χ0) is 16.8. The number of aliphatic carboxylic acids is 1. The highest BCUT2D eigenvalue weighted by molar-refractivity contribution is 9.10. The van der Waals surface area contributed by atoms with Crippen LogP contribution in [0.4, 0.5) is 4.39 Å². The molecule has 0 aliphatic heterocycles. The van der Waals surface area contributed by atoms with Gasteiger partial charge < -0.3 is 10.4 Å². The van der Waals surface area contributed by atoms with Crippen molar-refractivity contribution in [1.82, 2.24) is 10.3 Å². The monoisotopic (exact) mass is 380 g/mol. The third-order valence-corrected chi connectivity index (χ3v) is 3.86. The lowest BCUT2D eigenvalue weighted by molar-refractivity contribution is -0.141. The number of carboxylic acid groups (broad SMARTS) is 1. The van der Waals surface area contributed by atoms with Gasteiger partial charge in [0.25, 0.3) is 0 Å². The van der Waals surface area contributed by atoms with Crippen LogP contribution in [0.3, 0.4) is 0 Å². The number of benzene rings is 1. The molecule has 0 saturated carbocycles. The number of nitrogens with zero attached hydrogens (tertiary/aromatic N) is 1. The molecule has 5 nitrogen and oxygen atoms in total. The van der Waals surface area contributed by atoms with Crippen molar-refractivity contribution in [2.24, 2.45) is 0 Å². The van der Waals surface area contributed by atoms with Gasteiger partial charge in [-0.05, 0) is 45.3 Å². The molecule has 1 atom stereocenters. The van der Waals surface area contributed by atoms with E-state index in [-0.39, 0.29) is 12.8 Å². The first-order valence-electron chi connectivity index (χ1n) is 6.81. The largest absolute Gasteiger partial charge is 0.480 e. The topological polar surface area (TPSA) is 79.3 Å². The Kier molecular flexibility index (Phi) is 5.81. The zero-order valence-corrected chi connectivity index (χ0v) is 13.6. The lowest BCUT2D eigenvalue weighted by atomic mass is 10.1. The molecule has 120 valence electrons. The summed E-state index contributed by atoms with van der Waals surface area (Å²) in [5.74, 6) is -2.07. The number of halogens is 2. The second kappa shape index (κ2) is 7.82.